The number of nitrogens with zero attached hydrogens (tertiary/aromatic N) is 2. The van der Waals surface area contributed by atoms with Crippen LogP contribution in [0.1, 0.15) is 55.7 Å². The van der Waals surface area contributed by atoms with Crippen molar-refractivity contribution in [1.29, 1.82) is 0 Å². The Labute approximate surface area is 267 Å². The number of benzene rings is 3. The summed E-state index contributed by atoms with van der Waals surface area (Å²) in [6.07, 6.45) is 4.89. The molecule has 0 spiro atoms. The van der Waals surface area contributed by atoms with Crippen molar-refractivity contribution in [2.75, 3.05) is 31.6 Å². The maximum atomic E-state index is 14.4. The van der Waals surface area contributed by atoms with Gasteiger partial charge < -0.3 is 19.7 Å². The van der Waals surface area contributed by atoms with E-state index in [0.29, 0.717) is 24.3 Å². The highest BCUT2D eigenvalue weighted by atomic mass is 32.2. The summed E-state index contributed by atoms with van der Waals surface area (Å²) in [5.41, 5.74) is 3.09. The minimum atomic E-state index is -4.26. The van der Waals surface area contributed by atoms with Crippen LogP contribution in [0.2, 0.25) is 0 Å². The largest absolute Gasteiger partial charge is 0.493 e. The molecule has 3 aromatic rings. The number of amides is 2. The number of carbonyl (C=O) groups is 2. The molecular weight excluding hydrogens is 590 g/mol. The molecule has 1 aliphatic carbocycles. The molecule has 1 unspecified atom stereocenters. The average Bonchev–Trinajstić information content (AvgIpc) is 3.54. The number of hydrogen-bond donors (Lipinski definition) is 1. The van der Waals surface area contributed by atoms with Crippen LogP contribution in [0.5, 0.6) is 11.5 Å². The molecule has 0 saturated heterocycles. The fourth-order valence-electron chi connectivity index (χ4n) is 5.99. The molecule has 0 heterocycles. The van der Waals surface area contributed by atoms with Crippen LogP contribution in [0.3, 0.4) is 0 Å². The van der Waals surface area contributed by atoms with E-state index in [1.165, 1.54) is 32.4 Å². The molecule has 1 aliphatic rings. The van der Waals surface area contributed by atoms with Crippen molar-refractivity contribution in [1.82, 2.24) is 10.2 Å². The molecule has 0 aliphatic heterocycles. The van der Waals surface area contributed by atoms with Crippen LogP contribution >= 0.6 is 0 Å². The molecule has 3 aromatic carbocycles. The molecule has 9 nitrogen and oxygen atoms in total. The van der Waals surface area contributed by atoms with Crippen molar-refractivity contribution >= 4 is 27.5 Å². The lowest BCUT2D eigenvalue weighted by molar-refractivity contribution is -0.139. The van der Waals surface area contributed by atoms with Crippen molar-refractivity contribution in [2.24, 2.45) is 0 Å². The molecule has 2 amide bonds. The molecule has 1 atom stereocenters. The van der Waals surface area contributed by atoms with Gasteiger partial charge in [0.05, 0.1) is 24.8 Å². The van der Waals surface area contributed by atoms with Gasteiger partial charge in [-0.25, -0.2) is 8.42 Å². The number of ether oxygens (including phenoxy) is 2. The number of nitrogens with one attached hydrogen (secondary N) is 1. The molecule has 1 saturated carbocycles. The summed E-state index contributed by atoms with van der Waals surface area (Å²) >= 11 is 0. The van der Waals surface area contributed by atoms with Crippen LogP contribution in [0.15, 0.2) is 71.6 Å². The summed E-state index contributed by atoms with van der Waals surface area (Å²) in [5.74, 6) is -0.0184. The van der Waals surface area contributed by atoms with Gasteiger partial charge in [-0.1, -0.05) is 56.2 Å². The predicted octanol–water partition coefficient (Wildman–Crippen LogP) is 5.42. The molecule has 4 rings (SSSR count). The van der Waals surface area contributed by atoms with E-state index in [2.05, 4.69) is 5.32 Å². The second-order valence-electron chi connectivity index (χ2n) is 11.6. The van der Waals surface area contributed by atoms with E-state index >= 15 is 0 Å². The van der Waals surface area contributed by atoms with E-state index in [0.717, 1.165) is 46.7 Å². The number of hydrogen-bond acceptors (Lipinski definition) is 6. The second-order valence-corrected chi connectivity index (χ2v) is 13.5. The van der Waals surface area contributed by atoms with Crippen LogP contribution in [-0.2, 0) is 26.0 Å². The third-order valence-corrected chi connectivity index (χ3v) is 10.1. The first-order valence-electron chi connectivity index (χ1n) is 15.5. The Kier molecular flexibility index (Phi) is 11.5. The van der Waals surface area contributed by atoms with E-state index in [1.807, 2.05) is 57.2 Å². The summed E-state index contributed by atoms with van der Waals surface area (Å²) in [4.78, 5) is 29.5. The Morgan fingerprint density at radius 3 is 2.16 bits per heavy atom. The van der Waals surface area contributed by atoms with Crippen LogP contribution in [-0.4, -0.2) is 64.5 Å². The maximum Gasteiger partial charge on any atom is 0.264 e. The van der Waals surface area contributed by atoms with Gasteiger partial charge in [0.25, 0.3) is 10.0 Å². The van der Waals surface area contributed by atoms with Gasteiger partial charge in [-0.3, -0.25) is 13.9 Å². The molecule has 1 N–H and O–H groups in total. The van der Waals surface area contributed by atoms with Crippen LogP contribution in [0.4, 0.5) is 5.69 Å². The highest BCUT2D eigenvalue weighted by Gasteiger charge is 2.35. The fourth-order valence-corrected chi connectivity index (χ4v) is 7.40. The van der Waals surface area contributed by atoms with Gasteiger partial charge in [-0.15, -0.1) is 0 Å². The van der Waals surface area contributed by atoms with Crippen molar-refractivity contribution in [3.8, 4) is 11.5 Å². The van der Waals surface area contributed by atoms with Gasteiger partial charge in [0, 0.05) is 18.7 Å². The van der Waals surface area contributed by atoms with Crippen molar-refractivity contribution in [3.63, 3.8) is 0 Å². The van der Waals surface area contributed by atoms with Gasteiger partial charge in [-0.05, 0) is 80.5 Å². The van der Waals surface area contributed by atoms with E-state index in [4.69, 9.17) is 9.47 Å². The molecule has 0 aromatic heterocycles. The lowest BCUT2D eigenvalue weighted by Gasteiger charge is -2.34. The monoisotopic (exact) mass is 635 g/mol. The zero-order chi connectivity index (χ0) is 32.6. The Balaban J connectivity index is 1.73. The summed E-state index contributed by atoms with van der Waals surface area (Å²) < 4.78 is 40.5. The highest BCUT2D eigenvalue weighted by molar-refractivity contribution is 7.92. The van der Waals surface area contributed by atoms with Crippen molar-refractivity contribution in [2.45, 2.75) is 76.3 Å². The number of carbonyl (C=O) groups excluding carboxylic acids is 2. The summed E-state index contributed by atoms with van der Waals surface area (Å²) in [7, 11) is -1.35. The number of methoxy groups -OCH3 is 2. The van der Waals surface area contributed by atoms with Crippen molar-refractivity contribution < 1.29 is 27.5 Å². The zero-order valence-electron chi connectivity index (χ0n) is 26.9. The van der Waals surface area contributed by atoms with E-state index < -0.39 is 28.5 Å². The number of rotatable bonds is 14. The summed E-state index contributed by atoms with van der Waals surface area (Å²) in [5, 5.41) is 3.15. The minimum Gasteiger partial charge on any atom is -0.493 e. The molecule has 242 valence electrons. The average molecular weight is 636 g/mol. The molecular formula is C35H45N3O6S. The zero-order valence-corrected chi connectivity index (χ0v) is 27.7. The van der Waals surface area contributed by atoms with Crippen LogP contribution in [0.25, 0.3) is 0 Å². The van der Waals surface area contributed by atoms with Gasteiger partial charge >= 0.3 is 0 Å². The molecule has 0 radical (unpaired) electrons. The normalized spacial score (nSPS) is 14.1. The third kappa shape index (κ3) is 8.36. The topological polar surface area (TPSA) is 105 Å². The lowest BCUT2D eigenvalue weighted by atomic mass is 10.1. The Morgan fingerprint density at radius 2 is 1.56 bits per heavy atom. The van der Waals surface area contributed by atoms with E-state index in [9.17, 15) is 18.0 Å². The lowest BCUT2D eigenvalue weighted by Crippen LogP contribution is -2.54. The first-order valence-corrected chi connectivity index (χ1v) is 17.0. The Bertz CT molecular complexity index is 1550. The van der Waals surface area contributed by atoms with Gasteiger partial charge in [0.15, 0.2) is 11.5 Å². The SMILES string of the molecule is CCC(C(=O)NC1CCCC1)N(CCc1ccccc1)C(=O)CN(c1cc(C)cc(C)c1)S(=O)(=O)c1ccc(OC)c(OC)c1. The molecule has 0 bridgehead atoms. The second kappa shape index (κ2) is 15.3. The third-order valence-electron chi connectivity index (χ3n) is 8.29. The first kappa shape index (κ1) is 33.8. The molecule has 1 fully saturated rings. The Morgan fingerprint density at radius 1 is 0.911 bits per heavy atom. The quantitative estimate of drug-likeness (QED) is 0.254. The smallest absolute Gasteiger partial charge is 0.264 e. The summed E-state index contributed by atoms with van der Waals surface area (Å²) in [6.45, 7) is 5.42. The predicted molar refractivity (Wildman–Crippen MR) is 176 cm³/mol. The minimum absolute atomic E-state index is 0.0473. The number of sulfonamides is 1. The van der Waals surface area contributed by atoms with Gasteiger partial charge in [0.1, 0.15) is 12.6 Å². The number of aryl methyl sites for hydroxylation is 2. The van der Waals surface area contributed by atoms with Crippen LogP contribution in [0, 0.1) is 13.8 Å². The van der Waals surface area contributed by atoms with Crippen molar-refractivity contribution in [3.05, 3.63) is 83.4 Å². The van der Waals surface area contributed by atoms with E-state index in [1.54, 1.807) is 17.0 Å². The van der Waals surface area contributed by atoms with Crippen LogP contribution < -0.4 is 19.1 Å². The fraction of sp³-hybridized carbons (Fsp3) is 0.429. The first-order chi connectivity index (χ1) is 21.6. The summed E-state index contributed by atoms with van der Waals surface area (Å²) in [6, 6.07) is 18.9. The molecule has 45 heavy (non-hydrogen) atoms. The van der Waals surface area contributed by atoms with Gasteiger partial charge in [-0.2, -0.15) is 0 Å². The highest BCUT2D eigenvalue weighted by Crippen LogP contribution is 2.33. The van der Waals surface area contributed by atoms with Gasteiger partial charge in [0.2, 0.25) is 11.8 Å². The maximum absolute atomic E-state index is 14.4. The van der Waals surface area contributed by atoms with E-state index in [-0.39, 0.29) is 29.1 Å². The standard InChI is InChI=1S/C35H45N3O6S/c1-6-31(35(40)36-28-14-10-11-15-28)37(19-18-27-12-8-7-9-13-27)34(39)24-38(29-21-25(2)20-26(3)22-29)45(41,42)30-16-17-32(43-4)33(23-30)44-5/h7-9,12-13,16-17,20-23,28,31H,6,10-11,14-15,18-19,24H2,1-5H3,(H,36,40). The number of anilines is 1. The molecule has 10 heteroatoms. The Hall–Kier alpha value is -4.05.